The number of carbonyl (C=O) groups is 3. The topological polar surface area (TPSA) is 84.5 Å². The molecule has 0 aliphatic heterocycles. The average molecular weight is 272 g/mol. The number of amides is 2. The number of carbonyl (C=O) groups excluding carboxylic acids is 3. The van der Waals surface area contributed by atoms with Gasteiger partial charge in [0.15, 0.2) is 5.78 Å². The molecule has 0 aliphatic rings. The van der Waals surface area contributed by atoms with Crippen LogP contribution in [0.2, 0.25) is 0 Å². The van der Waals surface area contributed by atoms with E-state index in [0.717, 1.165) is 0 Å². The molecule has 2 N–H and O–H groups in total. The third-order valence-electron chi connectivity index (χ3n) is 2.32. The number of rotatable bonds is 5. The van der Waals surface area contributed by atoms with Crippen LogP contribution in [0.1, 0.15) is 48.0 Å². The van der Waals surface area contributed by atoms with Crippen molar-refractivity contribution in [3.63, 3.8) is 0 Å². The Bertz CT molecular complexity index is 347. The maximum atomic E-state index is 11.7. The lowest BCUT2D eigenvalue weighted by molar-refractivity contribution is -0.128. The third-order valence-corrected chi connectivity index (χ3v) is 2.32. The predicted molar refractivity (Wildman–Crippen MR) is 71.7 cm³/mol. The Balaban J connectivity index is 4.28. The molecule has 6 heteroatoms. The SMILES string of the molecule is CCC(=O)[C@H](C)NC(=O)[C@H](C)NC(=O)OC(C)(C)C. The molecule has 0 unspecified atom stereocenters. The summed E-state index contributed by atoms with van der Waals surface area (Å²) in [6.07, 6.45) is -0.306. The molecule has 2 amide bonds. The summed E-state index contributed by atoms with van der Waals surface area (Å²) >= 11 is 0. The lowest BCUT2D eigenvalue weighted by atomic mass is 10.1. The summed E-state index contributed by atoms with van der Waals surface area (Å²) in [6.45, 7) is 10.1. The molecule has 6 nitrogen and oxygen atoms in total. The number of ketones is 1. The van der Waals surface area contributed by atoms with Gasteiger partial charge in [-0.05, 0) is 34.6 Å². The van der Waals surface area contributed by atoms with Gasteiger partial charge >= 0.3 is 6.09 Å². The summed E-state index contributed by atoms with van der Waals surface area (Å²) in [6, 6.07) is -1.32. The molecule has 2 atom stereocenters. The fourth-order valence-corrected chi connectivity index (χ4v) is 1.27. The molecule has 0 bridgehead atoms. The zero-order valence-electron chi connectivity index (χ0n) is 12.5. The Labute approximate surface area is 114 Å². The maximum Gasteiger partial charge on any atom is 0.408 e. The molecule has 0 heterocycles. The van der Waals surface area contributed by atoms with E-state index in [9.17, 15) is 14.4 Å². The van der Waals surface area contributed by atoms with Crippen molar-refractivity contribution in [1.82, 2.24) is 10.6 Å². The van der Waals surface area contributed by atoms with Crippen molar-refractivity contribution in [2.24, 2.45) is 0 Å². The monoisotopic (exact) mass is 272 g/mol. The lowest BCUT2D eigenvalue weighted by Gasteiger charge is -2.22. The van der Waals surface area contributed by atoms with Gasteiger partial charge in [0.05, 0.1) is 6.04 Å². The van der Waals surface area contributed by atoms with Crippen molar-refractivity contribution in [3.05, 3.63) is 0 Å². The molecule has 0 saturated heterocycles. The Kier molecular flexibility index (Phi) is 6.52. The van der Waals surface area contributed by atoms with E-state index in [2.05, 4.69) is 10.6 Å². The van der Waals surface area contributed by atoms with E-state index in [-0.39, 0.29) is 5.78 Å². The van der Waals surface area contributed by atoms with Crippen LogP contribution in [0.4, 0.5) is 4.79 Å². The second kappa shape index (κ2) is 7.11. The minimum atomic E-state index is -0.762. The molecule has 0 aromatic rings. The summed E-state index contributed by atoms with van der Waals surface area (Å²) in [5.41, 5.74) is -0.619. The summed E-state index contributed by atoms with van der Waals surface area (Å²) in [7, 11) is 0. The van der Waals surface area contributed by atoms with Crippen LogP contribution in [-0.2, 0) is 14.3 Å². The van der Waals surface area contributed by atoms with Crippen LogP contribution < -0.4 is 10.6 Å². The smallest absolute Gasteiger partial charge is 0.408 e. The van der Waals surface area contributed by atoms with E-state index < -0.39 is 29.7 Å². The second-order valence-corrected chi connectivity index (χ2v) is 5.42. The second-order valence-electron chi connectivity index (χ2n) is 5.42. The first kappa shape index (κ1) is 17.4. The number of hydrogen-bond donors (Lipinski definition) is 2. The van der Waals surface area contributed by atoms with Gasteiger partial charge in [0.25, 0.3) is 0 Å². The van der Waals surface area contributed by atoms with Gasteiger partial charge < -0.3 is 15.4 Å². The normalized spacial score (nSPS) is 14.2. The minimum absolute atomic E-state index is 0.0576. The lowest BCUT2D eigenvalue weighted by Crippen LogP contribution is -2.50. The van der Waals surface area contributed by atoms with Gasteiger partial charge in [-0.1, -0.05) is 6.92 Å². The average Bonchev–Trinajstić information content (AvgIpc) is 2.24. The molecule has 0 aromatic heterocycles. The number of hydrogen-bond acceptors (Lipinski definition) is 4. The molecule has 0 fully saturated rings. The Hall–Kier alpha value is -1.59. The molecule has 0 aliphatic carbocycles. The van der Waals surface area contributed by atoms with Crippen molar-refractivity contribution < 1.29 is 19.1 Å². The summed E-state index contributed by atoms with van der Waals surface area (Å²) < 4.78 is 5.04. The van der Waals surface area contributed by atoms with Crippen molar-refractivity contribution >= 4 is 17.8 Å². The Morgan fingerprint density at radius 1 is 1.05 bits per heavy atom. The quantitative estimate of drug-likeness (QED) is 0.792. The van der Waals surface area contributed by atoms with E-state index in [0.29, 0.717) is 6.42 Å². The van der Waals surface area contributed by atoms with Crippen LogP contribution in [-0.4, -0.2) is 35.5 Å². The zero-order valence-corrected chi connectivity index (χ0v) is 12.5. The largest absolute Gasteiger partial charge is 0.444 e. The van der Waals surface area contributed by atoms with Crippen LogP contribution >= 0.6 is 0 Å². The van der Waals surface area contributed by atoms with Gasteiger partial charge in [-0.25, -0.2) is 4.79 Å². The van der Waals surface area contributed by atoms with Crippen molar-refractivity contribution in [3.8, 4) is 0 Å². The van der Waals surface area contributed by atoms with Crippen LogP contribution in [0.25, 0.3) is 0 Å². The molecule has 0 saturated carbocycles. The number of Topliss-reactive ketones (excluding diaryl/α,β-unsaturated/α-hetero) is 1. The van der Waals surface area contributed by atoms with E-state index in [4.69, 9.17) is 4.74 Å². The number of ether oxygens (including phenoxy) is 1. The molecule has 0 radical (unpaired) electrons. The molecule has 19 heavy (non-hydrogen) atoms. The standard InChI is InChI=1S/C13H24N2O4/c1-7-10(16)8(2)14-11(17)9(3)15-12(18)19-13(4,5)6/h8-9H,7H2,1-6H3,(H,14,17)(H,15,18)/t8-,9-/m0/s1. The Morgan fingerprint density at radius 3 is 2.00 bits per heavy atom. The van der Waals surface area contributed by atoms with Crippen molar-refractivity contribution in [2.45, 2.75) is 65.6 Å². The van der Waals surface area contributed by atoms with Crippen LogP contribution in [0, 0.1) is 0 Å². The van der Waals surface area contributed by atoms with E-state index in [1.165, 1.54) is 6.92 Å². The molecule has 0 rings (SSSR count). The van der Waals surface area contributed by atoms with E-state index >= 15 is 0 Å². The first-order chi connectivity index (χ1) is 8.56. The zero-order chi connectivity index (χ0) is 15.2. The molecular formula is C13H24N2O4. The summed E-state index contributed by atoms with van der Waals surface area (Å²) in [5.74, 6) is -0.474. The third kappa shape index (κ3) is 7.43. The first-order valence-corrected chi connectivity index (χ1v) is 6.39. The van der Waals surface area contributed by atoms with Crippen LogP contribution in [0.15, 0.2) is 0 Å². The van der Waals surface area contributed by atoms with E-state index in [1.807, 2.05) is 0 Å². The number of nitrogens with one attached hydrogen (secondary N) is 2. The maximum absolute atomic E-state index is 11.7. The highest BCUT2D eigenvalue weighted by atomic mass is 16.6. The van der Waals surface area contributed by atoms with Gasteiger partial charge in [-0.3, -0.25) is 9.59 Å². The van der Waals surface area contributed by atoms with Gasteiger partial charge in [0.2, 0.25) is 5.91 Å². The highest BCUT2D eigenvalue weighted by Gasteiger charge is 2.22. The summed E-state index contributed by atoms with van der Waals surface area (Å²) in [4.78, 5) is 34.6. The first-order valence-electron chi connectivity index (χ1n) is 6.39. The highest BCUT2D eigenvalue weighted by molar-refractivity contribution is 5.91. The fraction of sp³-hybridized carbons (Fsp3) is 0.769. The van der Waals surface area contributed by atoms with Gasteiger partial charge in [0, 0.05) is 6.42 Å². The molecule has 0 aromatic carbocycles. The minimum Gasteiger partial charge on any atom is -0.444 e. The van der Waals surface area contributed by atoms with Crippen LogP contribution in [0.3, 0.4) is 0 Å². The summed E-state index contributed by atoms with van der Waals surface area (Å²) in [5, 5.41) is 4.95. The van der Waals surface area contributed by atoms with Crippen molar-refractivity contribution in [2.75, 3.05) is 0 Å². The Morgan fingerprint density at radius 2 is 1.58 bits per heavy atom. The molecule has 110 valence electrons. The molecule has 0 spiro atoms. The number of alkyl carbamates (subject to hydrolysis) is 1. The van der Waals surface area contributed by atoms with E-state index in [1.54, 1.807) is 34.6 Å². The van der Waals surface area contributed by atoms with Gasteiger partial charge in [-0.15, -0.1) is 0 Å². The van der Waals surface area contributed by atoms with Crippen LogP contribution in [0.5, 0.6) is 0 Å². The highest BCUT2D eigenvalue weighted by Crippen LogP contribution is 2.06. The van der Waals surface area contributed by atoms with Gasteiger partial charge in [-0.2, -0.15) is 0 Å². The predicted octanol–water partition coefficient (Wildman–Crippen LogP) is 1.38. The van der Waals surface area contributed by atoms with Crippen molar-refractivity contribution in [1.29, 1.82) is 0 Å². The van der Waals surface area contributed by atoms with Gasteiger partial charge in [0.1, 0.15) is 11.6 Å². The fourth-order valence-electron chi connectivity index (χ4n) is 1.27. The molecular weight excluding hydrogens is 248 g/mol.